The Bertz CT molecular complexity index is 412. The average molecular weight is 469 g/mol. The van der Waals surface area contributed by atoms with Crippen LogP contribution in [0.3, 0.4) is 0 Å². The topological polar surface area (TPSA) is 78.0 Å². The van der Waals surface area contributed by atoms with E-state index in [2.05, 4.69) is 32.8 Å². The third-order valence-electron chi connectivity index (χ3n) is 3.77. The number of aliphatic imine (C=N–C) groups is 1. The van der Waals surface area contributed by atoms with Crippen molar-refractivity contribution in [3.05, 3.63) is 0 Å². The smallest absolute Gasteiger partial charge is 0.407 e. The zero-order valence-corrected chi connectivity index (χ0v) is 18.7. The highest BCUT2D eigenvalue weighted by molar-refractivity contribution is 14.0. The number of hydrogen-bond donors (Lipinski definition) is 3. The van der Waals surface area contributed by atoms with Gasteiger partial charge in [0.05, 0.1) is 0 Å². The van der Waals surface area contributed by atoms with Crippen LogP contribution in [-0.2, 0) is 4.74 Å². The summed E-state index contributed by atoms with van der Waals surface area (Å²) >= 11 is 0. The van der Waals surface area contributed by atoms with Gasteiger partial charge in [0, 0.05) is 39.8 Å². The van der Waals surface area contributed by atoms with Gasteiger partial charge in [-0.15, -0.1) is 24.0 Å². The van der Waals surface area contributed by atoms with Crippen LogP contribution in [0.15, 0.2) is 4.99 Å². The Morgan fingerprint density at radius 3 is 2.44 bits per heavy atom. The molecular weight excluding hydrogens is 433 g/mol. The lowest BCUT2D eigenvalue weighted by Crippen LogP contribution is -2.45. The van der Waals surface area contributed by atoms with E-state index < -0.39 is 11.7 Å². The Balaban J connectivity index is 0.00000576. The van der Waals surface area contributed by atoms with E-state index in [9.17, 15) is 4.79 Å². The number of nitrogens with one attached hydrogen (secondary N) is 3. The van der Waals surface area contributed by atoms with Gasteiger partial charge in [0.2, 0.25) is 0 Å². The van der Waals surface area contributed by atoms with Gasteiger partial charge in [0.15, 0.2) is 5.96 Å². The van der Waals surface area contributed by atoms with Crippen LogP contribution in [-0.4, -0.2) is 68.9 Å². The Kier molecular flexibility index (Phi) is 12.2. The van der Waals surface area contributed by atoms with E-state index in [1.807, 2.05) is 20.8 Å². The van der Waals surface area contributed by atoms with Crippen LogP contribution in [0.25, 0.3) is 0 Å². The molecule has 1 aliphatic rings. The van der Waals surface area contributed by atoms with Gasteiger partial charge in [-0.1, -0.05) is 6.92 Å². The second-order valence-electron chi connectivity index (χ2n) is 7.40. The molecule has 0 radical (unpaired) electrons. The zero-order valence-electron chi connectivity index (χ0n) is 16.4. The average Bonchev–Trinajstić information content (AvgIpc) is 2.48. The number of hydrogen-bond acceptors (Lipinski definition) is 4. The van der Waals surface area contributed by atoms with E-state index in [-0.39, 0.29) is 24.0 Å². The van der Waals surface area contributed by atoms with Crippen LogP contribution >= 0.6 is 24.0 Å². The fraction of sp³-hybridized carbons (Fsp3) is 0.882. The SMILES string of the molecule is CN=C(NCCNC(=O)OC(C)(C)C)NCCN1CCCC(C)C1.I. The third kappa shape index (κ3) is 12.3. The second kappa shape index (κ2) is 12.6. The molecule has 7 nitrogen and oxygen atoms in total. The molecule has 1 amide bonds. The van der Waals surface area contributed by atoms with Crippen molar-refractivity contribution < 1.29 is 9.53 Å². The van der Waals surface area contributed by atoms with Gasteiger partial charge in [-0.05, 0) is 46.1 Å². The van der Waals surface area contributed by atoms with Crippen molar-refractivity contribution >= 4 is 36.0 Å². The Morgan fingerprint density at radius 2 is 1.84 bits per heavy atom. The molecular formula is C17H36IN5O2. The lowest BCUT2D eigenvalue weighted by Gasteiger charge is -2.30. The van der Waals surface area contributed by atoms with Crippen molar-refractivity contribution in [2.75, 3.05) is 46.3 Å². The molecule has 0 aromatic carbocycles. The highest BCUT2D eigenvalue weighted by Gasteiger charge is 2.16. The molecule has 3 N–H and O–H groups in total. The number of likely N-dealkylation sites (tertiary alicyclic amines) is 1. The first-order chi connectivity index (χ1) is 11.3. The lowest BCUT2D eigenvalue weighted by atomic mass is 10.0. The van der Waals surface area contributed by atoms with Crippen LogP contribution in [0.5, 0.6) is 0 Å². The fourth-order valence-corrected chi connectivity index (χ4v) is 2.70. The highest BCUT2D eigenvalue weighted by Crippen LogP contribution is 2.14. The normalized spacial score (nSPS) is 18.9. The minimum Gasteiger partial charge on any atom is -0.444 e. The molecule has 0 saturated carbocycles. The minimum atomic E-state index is -0.471. The predicted molar refractivity (Wildman–Crippen MR) is 114 cm³/mol. The molecule has 0 spiro atoms. The first-order valence-corrected chi connectivity index (χ1v) is 8.94. The summed E-state index contributed by atoms with van der Waals surface area (Å²) in [5.74, 6) is 1.56. The van der Waals surface area contributed by atoms with E-state index in [0.29, 0.717) is 13.1 Å². The minimum absolute atomic E-state index is 0. The highest BCUT2D eigenvalue weighted by atomic mass is 127. The van der Waals surface area contributed by atoms with Crippen molar-refractivity contribution in [3.63, 3.8) is 0 Å². The van der Waals surface area contributed by atoms with Crippen molar-refractivity contribution in [3.8, 4) is 0 Å². The summed E-state index contributed by atoms with van der Waals surface area (Å²) in [6.45, 7) is 13.2. The van der Waals surface area contributed by atoms with Gasteiger partial charge >= 0.3 is 6.09 Å². The lowest BCUT2D eigenvalue weighted by molar-refractivity contribution is 0.0529. The van der Waals surface area contributed by atoms with E-state index in [1.165, 1.54) is 25.9 Å². The van der Waals surface area contributed by atoms with Crippen molar-refractivity contribution in [1.82, 2.24) is 20.9 Å². The molecule has 148 valence electrons. The second-order valence-corrected chi connectivity index (χ2v) is 7.40. The zero-order chi connectivity index (χ0) is 18.0. The molecule has 8 heteroatoms. The van der Waals surface area contributed by atoms with Gasteiger partial charge in [0.1, 0.15) is 5.60 Å². The number of ether oxygens (including phenoxy) is 1. The number of nitrogens with zero attached hydrogens (tertiary/aromatic N) is 2. The van der Waals surface area contributed by atoms with Crippen molar-refractivity contribution in [2.24, 2.45) is 10.9 Å². The van der Waals surface area contributed by atoms with E-state index in [4.69, 9.17) is 4.74 Å². The number of amides is 1. The largest absolute Gasteiger partial charge is 0.444 e. The molecule has 1 aliphatic heterocycles. The van der Waals surface area contributed by atoms with E-state index in [1.54, 1.807) is 7.05 Å². The van der Waals surface area contributed by atoms with Crippen molar-refractivity contribution in [1.29, 1.82) is 0 Å². The maximum absolute atomic E-state index is 11.5. The molecule has 1 heterocycles. The van der Waals surface area contributed by atoms with Gasteiger partial charge < -0.3 is 25.6 Å². The summed E-state index contributed by atoms with van der Waals surface area (Å²) in [6.07, 6.45) is 2.24. The standard InChI is InChI=1S/C17H35N5O2.HI/c1-14-7-6-11-22(13-14)12-10-20-15(18-5)19-8-9-21-16(23)24-17(2,3)4;/h14H,6-13H2,1-5H3,(H,21,23)(H2,18,19,20);1H. The number of guanidine groups is 1. The van der Waals surface area contributed by atoms with E-state index >= 15 is 0 Å². The summed E-state index contributed by atoms with van der Waals surface area (Å²) in [5.41, 5.74) is -0.471. The molecule has 0 aromatic heterocycles. The Morgan fingerprint density at radius 1 is 1.20 bits per heavy atom. The number of halogens is 1. The van der Waals surface area contributed by atoms with Crippen LogP contribution in [0, 0.1) is 5.92 Å². The van der Waals surface area contributed by atoms with Gasteiger partial charge in [-0.2, -0.15) is 0 Å². The van der Waals surface area contributed by atoms with Crippen LogP contribution in [0.1, 0.15) is 40.5 Å². The summed E-state index contributed by atoms with van der Waals surface area (Å²) in [5, 5.41) is 9.21. The molecule has 0 bridgehead atoms. The number of rotatable bonds is 6. The first kappa shape index (κ1) is 24.2. The Hall–Kier alpha value is -0.770. The molecule has 1 fully saturated rings. The number of carbonyl (C=O) groups excluding carboxylic acids is 1. The Labute approximate surface area is 169 Å². The molecule has 0 aliphatic carbocycles. The number of carbonyl (C=O) groups is 1. The van der Waals surface area contributed by atoms with E-state index in [0.717, 1.165) is 25.0 Å². The molecule has 1 atom stereocenters. The predicted octanol–water partition coefficient (Wildman–Crippen LogP) is 2.03. The molecule has 1 saturated heterocycles. The van der Waals surface area contributed by atoms with Gasteiger partial charge in [0.25, 0.3) is 0 Å². The summed E-state index contributed by atoms with van der Waals surface area (Å²) in [7, 11) is 1.75. The maximum atomic E-state index is 11.5. The van der Waals surface area contributed by atoms with Gasteiger partial charge in [-0.3, -0.25) is 4.99 Å². The first-order valence-electron chi connectivity index (χ1n) is 8.94. The quantitative estimate of drug-likeness (QED) is 0.240. The van der Waals surface area contributed by atoms with Crippen molar-refractivity contribution in [2.45, 2.75) is 46.1 Å². The molecule has 1 rings (SSSR count). The molecule has 1 unspecified atom stereocenters. The van der Waals surface area contributed by atoms with Crippen LogP contribution in [0.4, 0.5) is 4.79 Å². The van der Waals surface area contributed by atoms with Gasteiger partial charge in [-0.25, -0.2) is 4.79 Å². The summed E-state index contributed by atoms with van der Waals surface area (Å²) in [4.78, 5) is 18.2. The summed E-state index contributed by atoms with van der Waals surface area (Å²) < 4.78 is 5.18. The number of piperidine rings is 1. The monoisotopic (exact) mass is 469 g/mol. The van der Waals surface area contributed by atoms with Crippen LogP contribution < -0.4 is 16.0 Å². The maximum Gasteiger partial charge on any atom is 0.407 e. The fourth-order valence-electron chi connectivity index (χ4n) is 2.70. The number of alkyl carbamates (subject to hydrolysis) is 1. The third-order valence-corrected chi connectivity index (χ3v) is 3.77. The summed E-state index contributed by atoms with van der Waals surface area (Å²) in [6, 6.07) is 0. The van der Waals surface area contributed by atoms with Crippen LogP contribution in [0.2, 0.25) is 0 Å². The molecule has 0 aromatic rings. The molecule has 25 heavy (non-hydrogen) atoms.